The van der Waals surface area contributed by atoms with E-state index in [0.29, 0.717) is 15.2 Å². The van der Waals surface area contributed by atoms with Crippen LogP contribution in [-0.2, 0) is 10.0 Å². The Bertz CT molecular complexity index is 765. The van der Waals surface area contributed by atoms with Gasteiger partial charge in [0.05, 0.1) is 16.3 Å². The molecule has 0 atom stereocenters. The summed E-state index contributed by atoms with van der Waals surface area (Å²) in [5.41, 5.74) is 5.83. The molecule has 0 aliphatic rings. The summed E-state index contributed by atoms with van der Waals surface area (Å²) < 4.78 is 27.3. The van der Waals surface area contributed by atoms with Crippen molar-refractivity contribution in [3.63, 3.8) is 0 Å². The molecule has 0 fully saturated rings. The summed E-state index contributed by atoms with van der Waals surface area (Å²) in [6.45, 7) is 0. The maximum absolute atomic E-state index is 12.2. The van der Waals surface area contributed by atoms with Gasteiger partial charge in [0.2, 0.25) is 0 Å². The van der Waals surface area contributed by atoms with Crippen LogP contribution in [0.15, 0.2) is 45.8 Å². The van der Waals surface area contributed by atoms with Crippen LogP contribution >= 0.6 is 27.5 Å². The van der Waals surface area contributed by atoms with Crippen molar-refractivity contribution >= 4 is 48.9 Å². The van der Waals surface area contributed by atoms with E-state index in [1.54, 1.807) is 12.1 Å². The first-order chi connectivity index (χ1) is 9.29. The highest BCUT2D eigenvalue weighted by Crippen LogP contribution is 2.29. The van der Waals surface area contributed by atoms with E-state index < -0.39 is 10.0 Å². The Morgan fingerprint density at radius 1 is 1.20 bits per heavy atom. The molecule has 8 heteroatoms. The molecule has 2 aromatic carbocycles. The monoisotopic (exact) mass is 376 g/mol. The molecule has 4 N–H and O–H groups in total. The first kappa shape index (κ1) is 15.0. The van der Waals surface area contributed by atoms with E-state index in [9.17, 15) is 13.5 Å². The number of aromatic hydroxyl groups is 1. The number of benzene rings is 2. The minimum Gasteiger partial charge on any atom is -0.506 e. The maximum Gasteiger partial charge on any atom is 0.262 e. The summed E-state index contributed by atoms with van der Waals surface area (Å²) in [6.07, 6.45) is 0. The van der Waals surface area contributed by atoms with Gasteiger partial charge in [-0.2, -0.15) is 0 Å². The first-order valence-corrected chi connectivity index (χ1v) is 8.01. The lowest BCUT2D eigenvalue weighted by atomic mass is 10.3. The van der Waals surface area contributed by atoms with Gasteiger partial charge in [0.1, 0.15) is 5.75 Å². The zero-order valence-electron chi connectivity index (χ0n) is 9.97. The van der Waals surface area contributed by atoms with Crippen LogP contribution in [0.3, 0.4) is 0 Å². The SMILES string of the molecule is Nc1cc(S(=O)(=O)Nc2ccc(Cl)cc2Br)ccc1O. The van der Waals surface area contributed by atoms with Crippen LogP contribution in [0.4, 0.5) is 11.4 Å². The number of hydrogen-bond acceptors (Lipinski definition) is 4. The second kappa shape index (κ2) is 5.51. The van der Waals surface area contributed by atoms with Crippen molar-refractivity contribution in [3.05, 3.63) is 45.9 Å². The summed E-state index contributed by atoms with van der Waals surface area (Å²) in [4.78, 5) is -0.0466. The molecule has 0 unspecified atom stereocenters. The van der Waals surface area contributed by atoms with Gasteiger partial charge in [-0.25, -0.2) is 8.42 Å². The molecule has 0 radical (unpaired) electrons. The summed E-state index contributed by atoms with van der Waals surface area (Å²) in [6, 6.07) is 8.34. The lowest BCUT2D eigenvalue weighted by molar-refractivity contribution is 0.477. The molecular formula is C12H10BrClN2O3S. The van der Waals surface area contributed by atoms with Crippen LogP contribution in [0.1, 0.15) is 0 Å². The van der Waals surface area contributed by atoms with Gasteiger partial charge in [-0.15, -0.1) is 0 Å². The third-order valence-corrected chi connectivity index (χ3v) is 4.74. The lowest BCUT2D eigenvalue weighted by Crippen LogP contribution is -2.13. The largest absolute Gasteiger partial charge is 0.506 e. The minimum atomic E-state index is -3.80. The molecule has 0 amide bonds. The second-order valence-electron chi connectivity index (χ2n) is 3.95. The van der Waals surface area contributed by atoms with E-state index in [1.165, 1.54) is 24.3 Å². The van der Waals surface area contributed by atoms with Crippen molar-refractivity contribution in [2.45, 2.75) is 4.90 Å². The Hall–Kier alpha value is -1.44. The molecule has 2 aromatic rings. The van der Waals surface area contributed by atoms with Crippen LogP contribution in [0.25, 0.3) is 0 Å². The topological polar surface area (TPSA) is 92.4 Å². The highest BCUT2D eigenvalue weighted by atomic mass is 79.9. The molecule has 0 heterocycles. The van der Waals surface area contributed by atoms with E-state index in [4.69, 9.17) is 17.3 Å². The van der Waals surface area contributed by atoms with Crippen LogP contribution in [-0.4, -0.2) is 13.5 Å². The molecular weight excluding hydrogens is 368 g/mol. The highest BCUT2D eigenvalue weighted by Gasteiger charge is 2.17. The standard InChI is InChI=1S/C12H10BrClN2O3S/c13-9-5-7(14)1-3-11(9)16-20(18,19)8-2-4-12(17)10(15)6-8/h1-6,16-17H,15H2. The molecule has 2 rings (SSSR count). The van der Waals surface area contributed by atoms with E-state index in [0.717, 1.165) is 0 Å². The van der Waals surface area contributed by atoms with E-state index in [1.807, 2.05) is 0 Å². The Balaban J connectivity index is 2.38. The predicted octanol–water partition coefficient (Wildman–Crippen LogP) is 3.19. The Morgan fingerprint density at radius 3 is 2.50 bits per heavy atom. The number of nitrogens with one attached hydrogen (secondary N) is 1. The number of anilines is 2. The summed E-state index contributed by atoms with van der Waals surface area (Å²) in [5.74, 6) is -0.170. The normalized spacial score (nSPS) is 11.3. The smallest absolute Gasteiger partial charge is 0.262 e. The zero-order chi connectivity index (χ0) is 14.9. The molecule has 20 heavy (non-hydrogen) atoms. The van der Waals surface area contributed by atoms with Gasteiger partial charge in [-0.1, -0.05) is 11.6 Å². The molecule has 0 saturated carbocycles. The third kappa shape index (κ3) is 3.17. The fourth-order valence-corrected chi connectivity index (χ4v) is 3.50. The molecule has 0 aromatic heterocycles. The van der Waals surface area contributed by atoms with Crippen LogP contribution in [0.5, 0.6) is 5.75 Å². The number of nitrogens with two attached hydrogens (primary N) is 1. The summed E-state index contributed by atoms with van der Waals surface area (Å²) in [5, 5.41) is 9.79. The predicted molar refractivity (Wildman–Crippen MR) is 82.5 cm³/mol. The number of hydrogen-bond donors (Lipinski definition) is 3. The number of phenols is 1. The average molecular weight is 378 g/mol. The molecule has 0 aliphatic carbocycles. The Labute approximate surface area is 129 Å². The maximum atomic E-state index is 12.2. The van der Waals surface area contributed by atoms with Crippen molar-refractivity contribution in [1.82, 2.24) is 0 Å². The number of phenolic OH excluding ortho intramolecular Hbond substituents is 1. The van der Waals surface area contributed by atoms with Gasteiger partial charge < -0.3 is 10.8 Å². The van der Waals surface area contributed by atoms with E-state index >= 15 is 0 Å². The number of nitrogen functional groups attached to an aromatic ring is 1. The van der Waals surface area contributed by atoms with Gasteiger partial charge >= 0.3 is 0 Å². The molecule has 0 spiro atoms. The number of rotatable bonds is 3. The van der Waals surface area contributed by atoms with Gasteiger partial charge in [0, 0.05) is 9.50 Å². The lowest BCUT2D eigenvalue weighted by Gasteiger charge is -2.10. The summed E-state index contributed by atoms with van der Waals surface area (Å²) >= 11 is 9.01. The number of halogens is 2. The van der Waals surface area contributed by atoms with Crippen molar-refractivity contribution in [2.75, 3.05) is 10.5 Å². The molecule has 0 aliphatic heterocycles. The molecule has 106 valence electrons. The zero-order valence-corrected chi connectivity index (χ0v) is 13.1. The van der Waals surface area contributed by atoms with Crippen LogP contribution in [0, 0.1) is 0 Å². The fourth-order valence-electron chi connectivity index (χ4n) is 1.48. The molecule has 0 saturated heterocycles. The van der Waals surface area contributed by atoms with E-state index in [-0.39, 0.29) is 16.3 Å². The fraction of sp³-hybridized carbons (Fsp3) is 0. The summed E-state index contributed by atoms with van der Waals surface area (Å²) in [7, 11) is -3.80. The van der Waals surface area contributed by atoms with Gasteiger partial charge in [0.15, 0.2) is 0 Å². The average Bonchev–Trinajstić information content (AvgIpc) is 2.36. The van der Waals surface area contributed by atoms with Gasteiger partial charge in [-0.3, -0.25) is 4.72 Å². The Morgan fingerprint density at radius 2 is 1.90 bits per heavy atom. The van der Waals surface area contributed by atoms with Crippen LogP contribution in [0.2, 0.25) is 5.02 Å². The molecule has 5 nitrogen and oxygen atoms in total. The van der Waals surface area contributed by atoms with Crippen molar-refractivity contribution < 1.29 is 13.5 Å². The van der Waals surface area contributed by atoms with Crippen LogP contribution < -0.4 is 10.5 Å². The number of sulfonamides is 1. The minimum absolute atomic E-state index is 0.0111. The molecule has 0 bridgehead atoms. The second-order valence-corrected chi connectivity index (χ2v) is 6.92. The van der Waals surface area contributed by atoms with Gasteiger partial charge in [0.25, 0.3) is 10.0 Å². The third-order valence-electron chi connectivity index (χ3n) is 2.48. The highest BCUT2D eigenvalue weighted by molar-refractivity contribution is 9.10. The first-order valence-electron chi connectivity index (χ1n) is 5.36. The van der Waals surface area contributed by atoms with Crippen molar-refractivity contribution in [1.29, 1.82) is 0 Å². The van der Waals surface area contributed by atoms with Gasteiger partial charge in [-0.05, 0) is 52.3 Å². The quantitative estimate of drug-likeness (QED) is 0.566. The van der Waals surface area contributed by atoms with E-state index in [2.05, 4.69) is 20.7 Å². The van der Waals surface area contributed by atoms with Crippen molar-refractivity contribution in [3.8, 4) is 5.75 Å². The Kier molecular flexibility index (Phi) is 4.12. The van der Waals surface area contributed by atoms with Crippen molar-refractivity contribution in [2.24, 2.45) is 0 Å².